The summed E-state index contributed by atoms with van der Waals surface area (Å²) < 4.78 is 13.2. The lowest BCUT2D eigenvalue weighted by Crippen LogP contribution is -2.56. The van der Waals surface area contributed by atoms with Crippen LogP contribution in [-0.2, 0) is 17.8 Å². The number of rotatable bonds is 5. The Kier molecular flexibility index (Phi) is 5.41. The summed E-state index contributed by atoms with van der Waals surface area (Å²) in [4.78, 5) is 19.8. The molecule has 140 valence electrons. The fraction of sp³-hybridized carbons (Fsp3) is 0.474. The number of halogens is 1. The van der Waals surface area contributed by atoms with Gasteiger partial charge in [-0.15, -0.1) is 11.3 Å². The lowest BCUT2D eigenvalue weighted by molar-refractivity contribution is -0.163. The normalized spacial score (nSPS) is 23.9. The Bertz CT molecular complexity index is 793. The molecule has 0 radical (unpaired) electrons. The minimum Gasteiger partial charge on any atom is -0.481 e. The molecule has 7 heteroatoms. The highest BCUT2D eigenvalue weighted by molar-refractivity contribution is 7.11. The second-order valence-corrected chi connectivity index (χ2v) is 8.31. The van der Waals surface area contributed by atoms with Gasteiger partial charge in [0.15, 0.2) is 0 Å². The molecule has 0 amide bonds. The quantitative estimate of drug-likeness (QED) is 0.837. The number of thiazole rings is 1. The SMILES string of the molecule is Cc1nc(C)c(CN2CC[C@@H](O)[C@](Cc3ccc(F)cc3)(C(=O)O)C2)s1. The van der Waals surface area contributed by atoms with E-state index < -0.39 is 17.5 Å². The van der Waals surface area contributed by atoms with Crippen molar-refractivity contribution in [3.63, 3.8) is 0 Å². The first-order valence-corrected chi connectivity index (χ1v) is 9.43. The van der Waals surface area contributed by atoms with Gasteiger partial charge in [-0.1, -0.05) is 12.1 Å². The summed E-state index contributed by atoms with van der Waals surface area (Å²) in [5.74, 6) is -1.38. The van der Waals surface area contributed by atoms with E-state index in [4.69, 9.17) is 0 Å². The van der Waals surface area contributed by atoms with Crippen LogP contribution >= 0.6 is 11.3 Å². The zero-order valence-corrected chi connectivity index (χ0v) is 15.7. The standard InChI is InChI=1S/C19H23FN2O3S/c1-12-16(26-13(2)21-12)10-22-8-7-17(23)19(11-22,18(24)25)9-14-3-5-15(20)6-4-14/h3-6,17,23H,7-11H2,1-2H3,(H,24,25)/t17-,19-/m1/s1. The van der Waals surface area contributed by atoms with Gasteiger partial charge in [-0.2, -0.15) is 0 Å². The third-order valence-electron chi connectivity index (χ3n) is 5.09. The smallest absolute Gasteiger partial charge is 0.313 e. The van der Waals surface area contributed by atoms with Crippen LogP contribution in [0, 0.1) is 25.1 Å². The van der Waals surface area contributed by atoms with Gasteiger partial charge in [-0.05, 0) is 44.4 Å². The van der Waals surface area contributed by atoms with E-state index in [-0.39, 0.29) is 18.8 Å². The predicted molar refractivity (Wildman–Crippen MR) is 97.7 cm³/mol. The maximum Gasteiger partial charge on any atom is 0.313 e. The minimum atomic E-state index is -1.30. The Labute approximate surface area is 156 Å². The number of hydrogen-bond acceptors (Lipinski definition) is 5. The van der Waals surface area contributed by atoms with Gasteiger partial charge >= 0.3 is 5.97 Å². The zero-order valence-electron chi connectivity index (χ0n) is 14.9. The molecule has 1 aromatic heterocycles. The van der Waals surface area contributed by atoms with E-state index in [2.05, 4.69) is 9.88 Å². The van der Waals surface area contributed by atoms with Crippen molar-refractivity contribution in [1.82, 2.24) is 9.88 Å². The van der Waals surface area contributed by atoms with Crippen LogP contribution in [0.5, 0.6) is 0 Å². The summed E-state index contributed by atoms with van der Waals surface area (Å²) in [6.45, 7) is 5.42. The van der Waals surface area contributed by atoms with Crippen molar-refractivity contribution < 1.29 is 19.4 Å². The predicted octanol–water partition coefficient (Wildman–Crippen LogP) is 2.78. The summed E-state index contributed by atoms with van der Waals surface area (Å²) in [6, 6.07) is 5.81. The van der Waals surface area contributed by atoms with Crippen LogP contribution in [0.2, 0.25) is 0 Å². The first-order valence-electron chi connectivity index (χ1n) is 8.61. The van der Waals surface area contributed by atoms with Crippen LogP contribution < -0.4 is 0 Å². The van der Waals surface area contributed by atoms with E-state index >= 15 is 0 Å². The van der Waals surface area contributed by atoms with Crippen LogP contribution in [0.3, 0.4) is 0 Å². The molecule has 2 heterocycles. The minimum absolute atomic E-state index is 0.168. The Morgan fingerprint density at radius 2 is 2.08 bits per heavy atom. The number of aliphatic hydroxyl groups excluding tert-OH is 1. The summed E-state index contributed by atoms with van der Waals surface area (Å²) >= 11 is 1.62. The van der Waals surface area contributed by atoms with Gasteiger partial charge in [-0.3, -0.25) is 9.69 Å². The molecule has 2 aromatic rings. The van der Waals surface area contributed by atoms with Crippen molar-refractivity contribution in [2.24, 2.45) is 5.41 Å². The van der Waals surface area contributed by atoms with E-state index in [9.17, 15) is 19.4 Å². The van der Waals surface area contributed by atoms with Crippen molar-refractivity contribution in [2.75, 3.05) is 13.1 Å². The second-order valence-electron chi connectivity index (χ2n) is 7.02. The first kappa shape index (κ1) is 18.9. The molecule has 0 saturated carbocycles. The van der Waals surface area contributed by atoms with Crippen LogP contribution in [0.4, 0.5) is 4.39 Å². The molecule has 2 N–H and O–H groups in total. The van der Waals surface area contributed by atoms with Crippen LogP contribution in [0.15, 0.2) is 24.3 Å². The zero-order chi connectivity index (χ0) is 18.9. The topological polar surface area (TPSA) is 73.7 Å². The van der Waals surface area contributed by atoms with Gasteiger partial charge in [0.1, 0.15) is 11.2 Å². The number of aromatic nitrogens is 1. The van der Waals surface area contributed by atoms with Crippen molar-refractivity contribution in [3.05, 3.63) is 51.2 Å². The molecule has 26 heavy (non-hydrogen) atoms. The number of piperidine rings is 1. The van der Waals surface area contributed by atoms with Crippen LogP contribution in [-0.4, -0.2) is 45.3 Å². The Morgan fingerprint density at radius 3 is 2.65 bits per heavy atom. The Morgan fingerprint density at radius 1 is 1.38 bits per heavy atom. The van der Waals surface area contributed by atoms with Crippen LogP contribution in [0.25, 0.3) is 0 Å². The lowest BCUT2D eigenvalue weighted by atomic mass is 9.73. The molecule has 0 unspecified atom stereocenters. The number of hydrogen-bond donors (Lipinski definition) is 2. The number of carboxylic acids is 1. The molecule has 1 aliphatic heterocycles. The number of aliphatic hydroxyl groups is 1. The maximum absolute atomic E-state index is 13.2. The van der Waals surface area contributed by atoms with E-state index in [1.54, 1.807) is 23.5 Å². The number of aryl methyl sites for hydroxylation is 2. The van der Waals surface area contributed by atoms with Gasteiger partial charge in [-0.25, -0.2) is 9.37 Å². The van der Waals surface area contributed by atoms with E-state index in [0.717, 1.165) is 15.6 Å². The molecule has 5 nitrogen and oxygen atoms in total. The summed E-state index contributed by atoms with van der Waals surface area (Å²) in [6.07, 6.45) is -0.378. The van der Waals surface area contributed by atoms with Gasteiger partial charge in [0, 0.05) is 24.5 Å². The molecule has 3 rings (SSSR count). The average Bonchev–Trinajstić information content (AvgIpc) is 2.90. The number of aliphatic carboxylic acids is 1. The number of carbonyl (C=O) groups is 1. The number of likely N-dealkylation sites (tertiary alicyclic amines) is 1. The highest BCUT2D eigenvalue weighted by Crippen LogP contribution is 2.36. The lowest BCUT2D eigenvalue weighted by Gasteiger charge is -2.43. The fourth-order valence-electron chi connectivity index (χ4n) is 3.65. The molecular weight excluding hydrogens is 355 g/mol. The maximum atomic E-state index is 13.2. The third-order valence-corrected chi connectivity index (χ3v) is 6.15. The molecule has 0 bridgehead atoms. The number of nitrogens with zero attached hydrogens (tertiary/aromatic N) is 2. The van der Waals surface area contributed by atoms with E-state index in [1.807, 2.05) is 13.8 Å². The largest absolute Gasteiger partial charge is 0.481 e. The van der Waals surface area contributed by atoms with Gasteiger partial charge < -0.3 is 10.2 Å². The monoisotopic (exact) mass is 378 g/mol. The average molecular weight is 378 g/mol. The first-order chi connectivity index (χ1) is 12.3. The fourth-order valence-corrected chi connectivity index (χ4v) is 4.63. The van der Waals surface area contributed by atoms with Gasteiger partial charge in [0.05, 0.1) is 16.8 Å². The highest BCUT2D eigenvalue weighted by atomic mass is 32.1. The molecule has 0 spiro atoms. The van der Waals surface area contributed by atoms with Crippen molar-refractivity contribution in [1.29, 1.82) is 0 Å². The van der Waals surface area contributed by atoms with E-state index in [0.29, 0.717) is 25.1 Å². The number of benzene rings is 1. The second kappa shape index (κ2) is 7.42. The van der Waals surface area contributed by atoms with Crippen LogP contribution in [0.1, 0.15) is 27.6 Å². The molecule has 1 saturated heterocycles. The third kappa shape index (κ3) is 3.79. The molecule has 0 aliphatic carbocycles. The molecule has 1 aromatic carbocycles. The molecule has 1 fully saturated rings. The van der Waals surface area contributed by atoms with E-state index in [1.165, 1.54) is 12.1 Å². The molecule has 1 aliphatic rings. The molecule has 2 atom stereocenters. The summed E-state index contributed by atoms with van der Waals surface area (Å²) in [5.41, 5.74) is 0.376. The highest BCUT2D eigenvalue weighted by Gasteiger charge is 2.49. The number of carboxylic acid groups (broad SMARTS) is 1. The van der Waals surface area contributed by atoms with Crippen molar-refractivity contribution in [2.45, 2.75) is 39.3 Å². The summed E-state index contributed by atoms with van der Waals surface area (Å²) in [7, 11) is 0. The summed E-state index contributed by atoms with van der Waals surface area (Å²) in [5, 5.41) is 21.5. The Hall–Kier alpha value is -1.83. The Balaban J connectivity index is 1.83. The van der Waals surface area contributed by atoms with Crippen molar-refractivity contribution >= 4 is 17.3 Å². The molecular formula is C19H23FN2O3S. The van der Waals surface area contributed by atoms with Gasteiger partial charge in [0.25, 0.3) is 0 Å². The van der Waals surface area contributed by atoms with Crippen molar-refractivity contribution in [3.8, 4) is 0 Å². The van der Waals surface area contributed by atoms with Gasteiger partial charge in [0.2, 0.25) is 0 Å².